The van der Waals surface area contributed by atoms with Crippen LogP contribution in [0.4, 0.5) is 5.69 Å². The van der Waals surface area contributed by atoms with E-state index in [-0.39, 0.29) is 18.3 Å². The van der Waals surface area contributed by atoms with Crippen molar-refractivity contribution in [1.82, 2.24) is 5.32 Å². The number of benzene rings is 1. The molecule has 5 heteroatoms. The molecule has 3 nitrogen and oxygen atoms in total. The van der Waals surface area contributed by atoms with E-state index < -0.39 is 0 Å². The fraction of sp³-hybridized carbons (Fsp3) is 0.364. The normalized spacial score (nSPS) is 9.44. The number of carbonyl (C=O) groups is 1. The highest BCUT2D eigenvalue weighted by atomic mass is 79.9. The maximum Gasteiger partial charge on any atom is 0.225 e. The van der Waals surface area contributed by atoms with Gasteiger partial charge in [-0.2, -0.15) is 0 Å². The Morgan fingerprint density at radius 3 is 2.69 bits per heavy atom. The summed E-state index contributed by atoms with van der Waals surface area (Å²) in [6.45, 7) is 2.70. The van der Waals surface area contributed by atoms with Crippen LogP contribution >= 0.6 is 28.3 Å². The molecule has 1 amide bonds. The number of carbonyl (C=O) groups excluding carboxylic acids is 1. The summed E-state index contributed by atoms with van der Waals surface area (Å²) in [5.41, 5.74) is 1.98. The molecule has 0 heterocycles. The molecule has 0 fully saturated rings. The van der Waals surface area contributed by atoms with Crippen molar-refractivity contribution in [2.45, 2.75) is 13.3 Å². The van der Waals surface area contributed by atoms with E-state index >= 15 is 0 Å². The zero-order valence-corrected chi connectivity index (χ0v) is 11.7. The van der Waals surface area contributed by atoms with Gasteiger partial charge in [-0.15, -0.1) is 12.4 Å². The molecule has 0 aliphatic carbocycles. The van der Waals surface area contributed by atoms with Crippen molar-refractivity contribution in [1.29, 1.82) is 0 Å². The van der Waals surface area contributed by atoms with E-state index in [2.05, 4.69) is 26.6 Å². The molecule has 1 rings (SSSR count). The van der Waals surface area contributed by atoms with Crippen LogP contribution in [0.3, 0.4) is 0 Å². The summed E-state index contributed by atoms with van der Waals surface area (Å²) in [6.07, 6.45) is 0.488. The van der Waals surface area contributed by atoms with E-state index in [0.717, 1.165) is 15.7 Å². The van der Waals surface area contributed by atoms with Crippen LogP contribution in [-0.2, 0) is 4.79 Å². The first kappa shape index (κ1) is 15.4. The lowest BCUT2D eigenvalue weighted by Gasteiger charge is -2.06. The minimum absolute atomic E-state index is 0. The first-order chi connectivity index (χ1) is 7.13. The second-order valence-electron chi connectivity index (χ2n) is 3.37. The summed E-state index contributed by atoms with van der Waals surface area (Å²) in [5.74, 6) is 0.0279. The van der Waals surface area contributed by atoms with Gasteiger partial charge >= 0.3 is 0 Å². The van der Waals surface area contributed by atoms with Crippen molar-refractivity contribution >= 4 is 39.9 Å². The Balaban J connectivity index is 0.00000225. The van der Waals surface area contributed by atoms with E-state index in [1.54, 1.807) is 0 Å². The van der Waals surface area contributed by atoms with Crippen LogP contribution in [0.2, 0.25) is 0 Å². The first-order valence-electron chi connectivity index (χ1n) is 4.84. The van der Waals surface area contributed by atoms with E-state index in [9.17, 15) is 4.79 Å². The van der Waals surface area contributed by atoms with Crippen LogP contribution in [0.15, 0.2) is 22.7 Å². The maximum absolute atomic E-state index is 11.4. The highest BCUT2D eigenvalue weighted by Gasteiger charge is 2.02. The van der Waals surface area contributed by atoms with E-state index in [1.807, 2.05) is 32.2 Å². The molecule has 1 aromatic carbocycles. The topological polar surface area (TPSA) is 41.1 Å². The second-order valence-corrected chi connectivity index (χ2v) is 4.22. The van der Waals surface area contributed by atoms with Crippen LogP contribution in [0.5, 0.6) is 0 Å². The van der Waals surface area contributed by atoms with Crippen molar-refractivity contribution in [3.63, 3.8) is 0 Å². The van der Waals surface area contributed by atoms with Gasteiger partial charge in [-0.1, -0.05) is 22.0 Å². The third kappa shape index (κ3) is 4.96. The van der Waals surface area contributed by atoms with E-state index in [0.29, 0.717) is 13.0 Å². The molecular formula is C11H16BrClN2O. The number of amides is 1. The van der Waals surface area contributed by atoms with Crippen LogP contribution in [0, 0.1) is 6.92 Å². The minimum atomic E-state index is 0. The third-order valence-corrected chi connectivity index (χ3v) is 2.91. The fourth-order valence-corrected chi connectivity index (χ4v) is 1.51. The SMILES string of the molecule is CNCCC(=O)Nc1ccc(C)c(Br)c1.Cl. The fourth-order valence-electron chi connectivity index (χ4n) is 1.13. The van der Waals surface area contributed by atoms with E-state index in [1.165, 1.54) is 0 Å². The Hall–Kier alpha value is -0.580. The number of nitrogens with one attached hydrogen (secondary N) is 2. The Morgan fingerprint density at radius 2 is 2.12 bits per heavy atom. The summed E-state index contributed by atoms with van der Waals surface area (Å²) >= 11 is 3.42. The minimum Gasteiger partial charge on any atom is -0.326 e. The predicted octanol–water partition coefficient (Wildman–Crippen LogP) is 2.73. The highest BCUT2D eigenvalue weighted by Crippen LogP contribution is 2.20. The molecule has 0 saturated carbocycles. The van der Waals surface area contributed by atoms with Gasteiger partial charge in [-0.05, 0) is 31.7 Å². The average molecular weight is 308 g/mol. The monoisotopic (exact) mass is 306 g/mol. The summed E-state index contributed by atoms with van der Waals surface area (Å²) < 4.78 is 1.01. The molecular weight excluding hydrogens is 291 g/mol. The summed E-state index contributed by atoms with van der Waals surface area (Å²) in [6, 6.07) is 5.78. The number of hydrogen-bond acceptors (Lipinski definition) is 2. The molecule has 0 atom stereocenters. The summed E-state index contributed by atoms with van der Waals surface area (Å²) in [4.78, 5) is 11.4. The van der Waals surface area contributed by atoms with Gasteiger partial charge < -0.3 is 10.6 Å². The van der Waals surface area contributed by atoms with Crippen LogP contribution < -0.4 is 10.6 Å². The quantitative estimate of drug-likeness (QED) is 0.898. The van der Waals surface area contributed by atoms with Gasteiger partial charge in [0.2, 0.25) is 5.91 Å². The Morgan fingerprint density at radius 1 is 1.44 bits per heavy atom. The molecule has 1 aromatic rings. The van der Waals surface area contributed by atoms with Gasteiger partial charge in [0.1, 0.15) is 0 Å². The molecule has 0 spiro atoms. The van der Waals surface area contributed by atoms with E-state index in [4.69, 9.17) is 0 Å². The lowest BCUT2D eigenvalue weighted by Crippen LogP contribution is -2.18. The number of aryl methyl sites for hydroxylation is 1. The van der Waals surface area contributed by atoms with Crippen LogP contribution in [0.25, 0.3) is 0 Å². The standard InChI is InChI=1S/C11H15BrN2O.ClH/c1-8-3-4-9(7-10(8)12)14-11(15)5-6-13-2;/h3-4,7,13H,5-6H2,1-2H3,(H,14,15);1H. The van der Waals surface area contributed by atoms with Crippen molar-refractivity contribution in [2.24, 2.45) is 0 Å². The molecule has 90 valence electrons. The molecule has 0 unspecified atom stereocenters. The van der Waals surface area contributed by atoms with Gasteiger partial charge in [0.05, 0.1) is 0 Å². The number of hydrogen-bond donors (Lipinski definition) is 2. The third-order valence-electron chi connectivity index (χ3n) is 2.06. The van der Waals surface area contributed by atoms with Crippen molar-refractivity contribution < 1.29 is 4.79 Å². The Bertz CT molecular complexity index is 358. The lowest BCUT2D eigenvalue weighted by atomic mass is 10.2. The lowest BCUT2D eigenvalue weighted by molar-refractivity contribution is -0.116. The number of anilines is 1. The van der Waals surface area contributed by atoms with Gasteiger partial charge in [-0.3, -0.25) is 4.79 Å². The van der Waals surface area contributed by atoms with Crippen LogP contribution in [-0.4, -0.2) is 19.5 Å². The molecule has 0 bridgehead atoms. The number of rotatable bonds is 4. The molecule has 2 N–H and O–H groups in total. The molecule has 0 aromatic heterocycles. The van der Waals surface area contributed by atoms with Crippen molar-refractivity contribution in [2.75, 3.05) is 18.9 Å². The molecule has 0 radical (unpaired) electrons. The van der Waals surface area contributed by atoms with Crippen molar-refractivity contribution in [3.05, 3.63) is 28.2 Å². The summed E-state index contributed by atoms with van der Waals surface area (Å²) in [7, 11) is 1.83. The molecule has 0 saturated heterocycles. The second kappa shape index (κ2) is 7.65. The Labute approximate surface area is 111 Å². The zero-order valence-electron chi connectivity index (χ0n) is 9.34. The molecule has 0 aliphatic rings. The molecule has 0 aliphatic heterocycles. The average Bonchev–Trinajstić information content (AvgIpc) is 2.20. The molecule has 16 heavy (non-hydrogen) atoms. The first-order valence-corrected chi connectivity index (χ1v) is 5.63. The van der Waals surface area contributed by atoms with Gasteiger partial charge in [0.25, 0.3) is 0 Å². The maximum atomic E-state index is 11.4. The number of halogens is 2. The van der Waals surface area contributed by atoms with Gasteiger partial charge in [0.15, 0.2) is 0 Å². The Kier molecular flexibility index (Phi) is 7.38. The summed E-state index contributed by atoms with van der Waals surface area (Å²) in [5, 5.41) is 5.77. The predicted molar refractivity (Wildman–Crippen MR) is 73.3 cm³/mol. The highest BCUT2D eigenvalue weighted by molar-refractivity contribution is 9.10. The smallest absolute Gasteiger partial charge is 0.225 e. The van der Waals surface area contributed by atoms with Crippen LogP contribution in [0.1, 0.15) is 12.0 Å². The van der Waals surface area contributed by atoms with Gasteiger partial charge in [0, 0.05) is 23.1 Å². The largest absolute Gasteiger partial charge is 0.326 e. The van der Waals surface area contributed by atoms with Crippen molar-refractivity contribution in [3.8, 4) is 0 Å². The zero-order chi connectivity index (χ0) is 11.3. The van der Waals surface area contributed by atoms with Gasteiger partial charge in [-0.25, -0.2) is 0 Å².